The van der Waals surface area contributed by atoms with Gasteiger partial charge in [0, 0.05) is 22.4 Å². The lowest BCUT2D eigenvalue weighted by molar-refractivity contribution is 0.0698. The third kappa shape index (κ3) is 4.90. The molecule has 1 unspecified atom stereocenters. The molecule has 0 radical (unpaired) electrons. The zero-order valence-corrected chi connectivity index (χ0v) is 21.8. The van der Waals surface area contributed by atoms with Crippen LogP contribution in [-0.4, -0.2) is 11.1 Å². The number of hydrogen-bond donors (Lipinski definition) is 2. The second kappa shape index (κ2) is 10.3. The van der Waals surface area contributed by atoms with Crippen molar-refractivity contribution in [1.29, 1.82) is 5.26 Å². The monoisotopic (exact) mass is 514 g/mol. The minimum absolute atomic E-state index is 0.113. The fourth-order valence-electron chi connectivity index (χ4n) is 4.85. The van der Waals surface area contributed by atoms with Crippen molar-refractivity contribution >= 4 is 22.6 Å². The SMILES string of the molecule is Cc1cc(C(C)Nc2ccccc2C(=O)O)c2oc(-c3cccc(-c4ccc(C#N)cc4)c3)c(C)c(=O)c2c1. The standard InChI is InChI=1S/C33H26N2O4/c1-19-15-27(21(3)35-29-10-5-4-9-26(29)33(37)38)32-28(16-19)30(36)20(2)31(39-32)25-8-6-7-24(17-25)23-13-11-22(18-34)12-14-23/h4-17,21,35H,1-3H3,(H,37,38). The summed E-state index contributed by atoms with van der Waals surface area (Å²) in [6.45, 7) is 5.60. The number of carbonyl (C=O) groups is 1. The smallest absolute Gasteiger partial charge is 0.337 e. The molecule has 0 aliphatic carbocycles. The molecule has 1 heterocycles. The van der Waals surface area contributed by atoms with Crippen molar-refractivity contribution in [2.45, 2.75) is 26.8 Å². The van der Waals surface area contributed by atoms with Gasteiger partial charge in [-0.15, -0.1) is 0 Å². The van der Waals surface area contributed by atoms with E-state index < -0.39 is 5.97 Å². The Bertz CT molecular complexity index is 1830. The van der Waals surface area contributed by atoms with Gasteiger partial charge >= 0.3 is 5.97 Å². The van der Waals surface area contributed by atoms with Crippen LogP contribution in [0, 0.1) is 25.2 Å². The molecule has 6 heteroatoms. The van der Waals surface area contributed by atoms with E-state index in [0.717, 1.165) is 27.8 Å². The minimum atomic E-state index is -1.02. The number of hydrogen-bond acceptors (Lipinski definition) is 5. The van der Waals surface area contributed by atoms with Crippen molar-refractivity contribution in [3.05, 3.63) is 123 Å². The van der Waals surface area contributed by atoms with Crippen molar-refractivity contribution < 1.29 is 14.3 Å². The van der Waals surface area contributed by atoms with E-state index in [0.29, 0.717) is 33.5 Å². The highest BCUT2D eigenvalue weighted by molar-refractivity contribution is 5.94. The second-order valence-corrected chi connectivity index (χ2v) is 9.60. The lowest BCUT2D eigenvalue weighted by Gasteiger charge is -2.20. The zero-order chi connectivity index (χ0) is 27.7. The van der Waals surface area contributed by atoms with Gasteiger partial charge in [-0.05, 0) is 73.9 Å². The number of rotatable bonds is 6. The van der Waals surface area contributed by atoms with Crippen LogP contribution in [0.3, 0.4) is 0 Å². The van der Waals surface area contributed by atoms with Crippen molar-refractivity contribution in [2.24, 2.45) is 0 Å². The van der Waals surface area contributed by atoms with Gasteiger partial charge in [-0.25, -0.2) is 4.79 Å². The van der Waals surface area contributed by atoms with Crippen LogP contribution in [0.25, 0.3) is 33.4 Å². The summed E-state index contributed by atoms with van der Waals surface area (Å²) >= 11 is 0. The Kier molecular flexibility index (Phi) is 6.74. The first-order valence-corrected chi connectivity index (χ1v) is 12.5. The molecule has 0 aliphatic heterocycles. The summed E-state index contributed by atoms with van der Waals surface area (Å²) in [7, 11) is 0. The fraction of sp³-hybridized carbons (Fsp3) is 0.121. The Morgan fingerprint density at radius 1 is 0.923 bits per heavy atom. The van der Waals surface area contributed by atoms with E-state index in [1.54, 1.807) is 43.3 Å². The number of carboxylic acids is 1. The number of nitriles is 1. The predicted molar refractivity (Wildman–Crippen MR) is 153 cm³/mol. The molecule has 0 amide bonds. The van der Waals surface area contributed by atoms with Gasteiger partial charge in [0.05, 0.1) is 28.6 Å². The van der Waals surface area contributed by atoms with Gasteiger partial charge in [0.1, 0.15) is 11.3 Å². The molecule has 0 fully saturated rings. The number of anilines is 1. The lowest BCUT2D eigenvalue weighted by Crippen LogP contribution is -2.14. The van der Waals surface area contributed by atoms with Crippen LogP contribution in [0.1, 0.15) is 45.6 Å². The molecule has 0 saturated heterocycles. The van der Waals surface area contributed by atoms with Crippen molar-refractivity contribution in [3.63, 3.8) is 0 Å². The Morgan fingerprint density at radius 2 is 1.64 bits per heavy atom. The maximum absolute atomic E-state index is 13.6. The molecular weight excluding hydrogens is 488 g/mol. The molecule has 192 valence electrons. The summed E-state index contributed by atoms with van der Waals surface area (Å²) in [5.41, 5.74) is 6.39. The summed E-state index contributed by atoms with van der Waals surface area (Å²) in [5, 5.41) is 22.5. The minimum Gasteiger partial charge on any atom is -0.478 e. The van der Waals surface area contributed by atoms with Crippen molar-refractivity contribution in [2.75, 3.05) is 5.32 Å². The number of nitrogens with zero attached hydrogens (tertiary/aromatic N) is 1. The van der Waals surface area contributed by atoms with Gasteiger partial charge in [-0.3, -0.25) is 4.79 Å². The van der Waals surface area contributed by atoms with E-state index in [4.69, 9.17) is 9.68 Å². The Labute approximate surface area is 225 Å². The molecular formula is C33H26N2O4. The molecule has 0 spiro atoms. The predicted octanol–water partition coefficient (Wildman–Crippen LogP) is 7.49. The summed E-state index contributed by atoms with van der Waals surface area (Å²) in [5.74, 6) is -0.544. The molecule has 1 aromatic heterocycles. The summed E-state index contributed by atoms with van der Waals surface area (Å²) in [4.78, 5) is 25.3. The number of aryl methyl sites for hydroxylation is 1. The molecule has 1 atom stereocenters. The highest BCUT2D eigenvalue weighted by Crippen LogP contribution is 2.34. The molecule has 39 heavy (non-hydrogen) atoms. The van der Waals surface area contributed by atoms with E-state index in [2.05, 4.69) is 11.4 Å². The van der Waals surface area contributed by atoms with Crippen LogP contribution in [0.4, 0.5) is 5.69 Å². The number of para-hydroxylation sites is 1. The average Bonchev–Trinajstić information content (AvgIpc) is 2.95. The van der Waals surface area contributed by atoms with Crippen LogP contribution in [0.5, 0.6) is 0 Å². The number of benzene rings is 4. The van der Waals surface area contributed by atoms with Gasteiger partial charge in [-0.2, -0.15) is 5.26 Å². The van der Waals surface area contributed by atoms with Crippen LogP contribution in [0.15, 0.2) is 94.1 Å². The molecule has 2 N–H and O–H groups in total. The maximum Gasteiger partial charge on any atom is 0.337 e. The molecule has 5 aromatic rings. The first kappa shape index (κ1) is 25.5. The number of fused-ring (bicyclic) bond motifs is 1. The Balaban J connectivity index is 1.63. The maximum atomic E-state index is 13.6. The van der Waals surface area contributed by atoms with Crippen LogP contribution < -0.4 is 10.7 Å². The largest absolute Gasteiger partial charge is 0.478 e. The molecule has 0 aliphatic rings. The Hall–Kier alpha value is -5.15. The lowest BCUT2D eigenvalue weighted by atomic mass is 9.97. The third-order valence-electron chi connectivity index (χ3n) is 6.86. The van der Waals surface area contributed by atoms with E-state index >= 15 is 0 Å². The van der Waals surface area contributed by atoms with Crippen LogP contribution >= 0.6 is 0 Å². The van der Waals surface area contributed by atoms with Crippen molar-refractivity contribution in [3.8, 4) is 28.5 Å². The molecule has 0 saturated carbocycles. The normalized spacial score (nSPS) is 11.6. The van der Waals surface area contributed by atoms with E-state index in [1.807, 2.05) is 62.4 Å². The van der Waals surface area contributed by atoms with Gasteiger partial charge < -0.3 is 14.8 Å². The second-order valence-electron chi connectivity index (χ2n) is 9.60. The van der Waals surface area contributed by atoms with Gasteiger partial charge in [0.25, 0.3) is 0 Å². The third-order valence-corrected chi connectivity index (χ3v) is 6.86. The highest BCUT2D eigenvalue weighted by Gasteiger charge is 2.20. The fourth-order valence-corrected chi connectivity index (χ4v) is 4.85. The van der Waals surface area contributed by atoms with E-state index in [-0.39, 0.29) is 17.0 Å². The van der Waals surface area contributed by atoms with Gasteiger partial charge in [0.15, 0.2) is 5.43 Å². The van der Waals surface area contributed by atoms with Crippen molar-refractivity contribution in [1.82, 2.24) is 0 Å². The molecule has 4 aromatic carbocycles. The van der Waals surface area contributed by atoms with E-state index in [9.17, 15) is 14.7 Å². The number of nitrogens with one attached hydrogen (secondary N) is 1. The number of carboxylic acid groups (broad SMARTS) is 1. The quantitative estimate of drug-likeness (QED) is 0.243. The van der Waals surface area contributed by atoms with Gasteiger partial charge in [-0.1, -0.05) is 48.5 Å². The molecule has 5 rings (SSSR count). The topological polar surface area (TPSA) is 103 Å². The number of aromatic carboxylic acids is 1. The molecule has 6 nitrogen and oxygen atoms in total. The summed E-state index contributed by atoms with van der Waals surface area (Å²) in [6, 6.07) is 27.4. The first-order chi connectivity index (χ1) is 18.8. The summed E-state index contributed by atoms with van der Waals surface area (Å²) in [6.07, 6.45) is 0. The average molecular weight is 515 g/mol. The van der Waals surface area contributed by atoms with Crippen LogP contribution in [0.2, 0.25) is 0 Å². The van der Waals surface area contributed by atoms with Crippen LogP contribution in [-0.2, 0) is 0 Å². The Morgan fingerprint density at radius 3 is 2.36 bits per heavy atom. The zero-order valence-electron chi connectivity index (χ0n) is 21.8. The van der Waals surface area contributed by atoms with E-state index in [1.165, 1.54) is 0 Å². The molecule has 0 bridgehead atoms. The first-order valence-electron chi connectivity index (χ1n) is 12.5. The highest BCUT2D eigenvalue weighted by atomic mass is 16.4. The summed E-state index contributed by atoms with van der Waals surface area (Å²) < 4.78 is 6.51. The van der Waals surface area contributed by atoms with Gasteiger partial charge in [0.2, 0.25) is 0 Å².